The molecule has 1 atom stereocenters. The quantitative estimate of drug-likeness (QED) is 0.368. The number of aryl methyl sites for hydroxylation is 3. The molecule has 198 valence electrons. The predicted octanol–water partition coefficient (Wildman–Crippen LogP) is 5.14. The van der Waals surface area contributed by atoms with Crippen molar-refractivity contribution in [2.45, 2.75) is 84.4 Å². The molecule has 0 N–H and O–H groups in total. The second-order valence-corrected chi connectivity index (χ2v) is 12.0. The number of fused-ring (bicyclic) bond motifs is 2. The number of piperidine rings is 1. The summed E-state index contributed by atoms with van der Waals surface area (Å²) >= 11 is 0. The van der Waals surface area contributed by atoms with E-state index in [9.17, 15) is 9.59 Å². The number of benzene rings is 1. The third-order valence-corrected chi connectivity index (χ3v) is 7.80. The first-order valence-corrected chi connectivity index (χ1v) is 13.3. The van der Waals surface area contributed by atoms with Crippen LogP contribution in [0, 0.1) is 20.8 Å². The Balaban J connectivity index is 1.32. The van der Waals surface area contributed by atoms with Gasteiger partial charge >= 0.3 is 6.09 Å². The average molecular weight is 515 g/mol. The zero-order valence-electron chi connectivity index (χ0n) is 22.9. The van der Waals surface area contributed by atoms with Crippen LogP contribution < -0.4 is 5.56 Å². The van der Waals surface area contributed by atoms with Crippen LogP contribution in [-0.4, -0.2) is 53.1 Å². The summed E-state index contributed by atoms with van der Waals surface area (Å²) in [6.45, 7) is 12.2. The van der Waals surface area contributed by atoms with Crippen LogP contribution >= 0.6 is 0 Å². The van der Waals surface area contributed by atoms with Crippen molar-refractivity contribution in [2.75, 3.05) is 6.54 Å². The Morgan fingerprint density at radius 1 is 1.11 bits per heavy atom. The fourth-order valence-corrected chi connectivity index (χ4v) is 5.89. The van der Waals surface area contributed by atoms with Crippen LogP contribution in [0.15, 0.2) is 35.4 Å². The van der Waals surface area contributed by atoms with Crippen LogP contribution in [0.25, 0.3) is 27.7 Å². The van der Waals surface area contributed by atoms with Crippen molar-refractivity contribution in [1.29, 1.82) is 0 Å². The lowest BCUT2D eigenvalue weighted by atomic mass is 9.95. The number of hydrogen-bond acceptors (Lipinski definition) is 6. The van der Waals surface area contributed by atoms with Gasteiger partial charge in [-0.3, -0.25) is 4.79 Å². The number of amides is 1. The molecule has 9 nitrogen and oxygen atoms in total. The van der Waals surface area contributed by atoms with Crippen LogP contribution in [0.4, 0.5) is 4.79 Å². The first-order valence-electron chi connectivity index (χ1n) is 13.3. The molecule has 2 fully saturated rings. The first-order chi connectivity index (χ1) is 17.9. The third kappa shape index (κ3) is 4.14. The molecule has 1 aliphatic carbocycles. The highest BCUT2D eigenvalue weighted by atomic mass is 16.6. The van der Waals surface area contributed by atoms with Crippen LogP contribution in [0.1, 0.15) is 69.3 Å². The zero-order chi connectivity index (χ0) is 27.0. The summed E-state index contributed by atoms with van der Waals surface area (Å²) in [6, 6.07) is 6.00. The van der Waals surface area contributed by atoms with E-state index in [1.807, 2.05) is 75.4 Å². The van der Waals surface area contributed by atoms with Crippen molar-refractivity contribution in [3.63, 3.8) is 0 Å². The van der Waals surface area contributed by atoms with Gasteiger partial charge in [-0.2, -0.15) is 10.2 Å². The minimum Gasteiger partial charge on any atom is -0.444 e. The number of nitrogens with zero attached hydrogens (tertiary/aromatic N) is 6. The number of aromatic nitrogens is 5. The van der Waals surface area contributed by atoms with Gasteiger partial charge in [0.2, 0.25) is 0 Å². The highest BCUT2D eigenvalue weighted by Gasteiger charge is 2.55. The fourth-order valence-electron chi connectivity index (χ4n) is 5.89. The highest BCUT2D eigenvalue weighted by Crippen LogP contribution is 2.51. The molecule has 6 rings (SSSR count). The van der Waals surface area contributed by atoms with Gasteiger partial charge in [0.1, 0.15) is 5.60 Å². The van der Waals surface area contributed by atoms with Crippen molar-refractivity contribution in [3.05, 3.63) is 57.8 Å². The Kier molecular flexibility index (Phi) is 5.42. The first kappa shape index (κ1) is 24.6. The van der Waals surface area contributed by atoms with Gasteiger partial charge in [0, 0.05) is 23.0 Å². The van der Waals surface area contributed by atoms with Crippen molar-refractivity contribution in [3.8, 4) is 11.3 Å². The normalized spacial score (nSPS) is 18.9. The molecule has 1 spiro atoms. The molecule has 1 unspecified atom stereocenters. The van der Waals surface area contributed by atoms with Gasteiger partial charge in [-0.15, -0.1) is 0 Å². The van der Waals surface area contributed by atoms with E-state index in [4.69, 9.17) is 9.84 Å². The van der Waals surface area contributed by atoms with Gasteiger partial charge in [0.15, 0.2) is 5.65 Å². The molecule has 1 saturated heterocycles. The molecule has 1 saturated carbocycles. The Hall–Kier alpha value is -3.75. The Morgan fingerprint density at radius 3 is 2.58 bits per heavy atom. The molecule has 0 radical (unpaired) electrons. The Morgan fingerprint density at radius 2 is 1.87 bits per heavy atom. The fraction of sp³-hybridized carbons (Fsp3) is 0.483. The highest BCUT2D eigenvalue weighted by molar-refractivity contribution is 5.88. The number of carbonyl (C=O) groups excluding carboxylic acids is 1. The number of imidazole rings is 1. The van der Waals surface area contributed by atoms with Crippen LogP contribution in [0.5, 0.6) is 0 Å². The second-order valence-electron chi connectivity index (χ2n) is 12.0. The minimum atomic E-state index is -0.533. The van der Waals surface area contributed by atoms with Crippen LogP contribution in [0.2, 0.25) is 0 Å². The lowest BCUT2D eigenvalue weighted by Gasteiger charge is -2.40. The summed E-state index contributed by atoms with van der Waals surface area (Å²) in [6.07, 6.45) is 6.70. The molecule has 9 heteroatoms. The van der Waals surface area contributed by atoms with Gasteiger partial charge in [0.25, 0.3) is 5.56 Å². The van der Waals surface area contributed by atoms with Gasteiger partial charge in [-0.05, 0) is 96.6 Å². The number of rotatable bonds is 2. The summed E-state index contributed by atoms with van der Waals surface area (Å²) in [7, 11) is 0. The zero-order valence-corrected chi connectivity index (χ0v) is 22.9. The van der Waals surface area contributed by atoms with Crippen molar-refractivity contribution in [1.82, 2.24) is 29.3 Å². The molecular formula is C29H34N6O3. The lowest BCUT2D eigenvalue weighted by molar-refractivity contribution is -0.000256. The number of likely N-dealkylation sites (tertiary alicyclic amines) is 1. The number of carbonyl (C=O) groups is 1. The standard InChI is InChI=1S/C29H34N6O3/c1-17-11-20(23-12-18(2)25-31-19(3)16-34(25)32-23)13-21-15-30-35(26(36)24(17)21)22-7-10-33(29(14-22)8-9-29)27(37)38-28(4,5)6/h11-13,15-16,22H,7-10,14H2,1-6H3. The van der Waals surface area contributed by atoms with Crippen LogP contribution in [0.3, 0.4) is 0 Å². The minimum absolute atomic E-state index is 0.0524. The van der Waals surface area contributed by atoms with Crippen LogP contribution in [-0.2, 0) is 4.74 Å². The molecule has 2 aliphatic rings. The van der Waals surface area contributed by atoms with Crippen molar-refractivity contribution in [2.24, 2.45) is 0 Å². The van der Waals surface area contributed by atoms with Crippen molar-refractivity contribution < 1.29 is 9.53 Å². The average Bonchev–Trinajstić information content (AvgIpc) is 3.46. The van der Waals surface area contributed by atoms with E-state index in [1.165, 1.54) is 0 Å². The maximum Gasteiger partial charge on any atom is 0.410 e. The maximum absolute atomic E-state index is 13.7. The van der Waals surface area contributed by atoms with E-state index in [-0.39, 0.29) is 23.2 Å². The van der Waals surface area contributed by atoms with Gasteiger partial charge < -0.3 is 9.64 Å². The van der Waals surface area contributed by atoms with E-state index in [1.54, 1.807) is 10.9 Å². The Bertz CT molecular complexity index is 1660. The summed E-state index contributed by atoms with van der Waals surface area (Å²) in [5.74, 6) is 0. The molecule has 1 amide bonds. The smallest absolute Gasteiger partial charge is 0.410 e. The summed E-state index contributed by atoms with van der Waals surface area (Å²) in [5, 5.41) is 10.9. The van der Waals surface area contributed by atoms with E-state index in [0.29, 0.717) is 18.4 Å². The third-order valence-electron chi connectivity index (χ3n) is 7.80. The molecule has 3 aromatic heterocycles. The van der Waals surface area contributed by atoms with E-state index >= 15 is 0 Å². The molecule has 38 heavy (non-hydrogen) atoms. The number of hydrogen-bond donors (Lipinski definition) is 0. The molecule has 4 aromatic rings. The molecule has 1 aromatic carbocycles. The van der Waals surface area contributed by atoms with Gasteiger partial charge in [-0.25, -0.2) is 19.0 Å². The second kappa shape index (κ2) is 8.38. The molecular weight excluding hydrogens is 480 g/mol. The van der Waals surface area contributed by atoms with Gasteiger partial charge in [0.05, 0.1) is 35.2 Å². The maximum atomic E-state index is 13.7. The molecule has 1 aliphatic heterocycles. The molecule has 0 bridgehead atoms. The monoisotopic (exact) mass is 514 g/mol. The SMILES string of the molecule is Cc1cn2nc(-c3cc(C)c4c(=O)n(C5CCN(C(=O)OC(C)(C)C)C6(CC6)C5)ncc4c3)cc(C)c2n1. The predicted molar refractivity (Wildman–Crippen MR) is 145 cm³/mol. The largest absolute Gasteiger partial charge is 0.444 e. The summed E-state index contributed by atoms with van der Waals surface area (Å²) in [5.41, 5.74) is 4.63. The lowest BCUT2D eigenvalue weighted by Crippen LogP contribution is -2.51. The summed E-state index contributed by atoms with van der Waals surface area (Å²) < 4.78 is 9.12. The van der Waals surface area contributed by atoms with E-state index < -0.39 is 5.60 Å². The molecule has 4 heterocycles. The topological polar surface area (TPSA) is 94.6 Å². The summed E-state index contributed by atoms with van der Waals surface area (Å²) in [4.78, 5) is 33.0. The van der Waals surface area contributed by atoms with E-state index in [2.05, 4.69) is 10.1 Å². The van der Waals surface area contributed by atoms with Crippen molar-refractivity contribution >= 4 is 22.5 Å². The van der Waals surface area contributed by atoms with E-state index in [0.717, 1.165) is 58.4 Å². The number of ether oxygens (including phenoxy) is 1. The van der Waals surface area contributed by atoms with Gasteiger partial charge in [-0.1, -0.05) is 0 Å². The Labute approximate surface area is 221 Å².